The standard InChI is InChI=1S/C22H24N4O3/c1-17-4-2-11-23-21(17)16-18-5-7-19(8-6-18)28-22(27)25-14-9-20(10-15-25)29-26-13-3-12-24-26/h2-8,11-13,20H,9-10,14-16H2,1H3. The quantitative estimate of drug-likeness (QED) is 0.667. The molecule has 0 atom stereocenters. The van der Waals surface area contributed by atoms with Crippen molar-refractivity contribution in [2.24, 2.45) is 0 Å². The van der Waals surface area contributed by atoms with Crippen LogP contribution in [0.5, 0.6) is 5.75 Å². The molecule has 1 saturated heterocycles. The summed E-state index contributed by atoms with van der Waals surface area (Å²) in [5.74, 6) is 0.548. The number of piperidine rings is 1. The summed E-state index contributed by atoms with van der Waals surface area (Å²) in [4.78, 5) is 25.8. The number of amides is 1. The first kappa shape index (κ1) is 19.0. The predicted molar refractivity (Wildman–Crippen MR) is 108 cm³/mol. The van der Waals surface area contributed by atoms with Gasteiger partial charge in [-0.3, -0.25) is 4.98 Å². The van der Waals surface area contributed by atoms with E-state index in [0.717, 1.165) is 30.5 Å². The molecule has 3 heterocycles. The van der Waals surface area contributed by atoms with Gasteiger partial charge in [0.2, 0.25) is 0 Å². The maximum absolute atomic E-state index is 12.4. The monoisotopic (exact) mass is 392 g/mol. The molecule has 0 spiro atoms. The number of likely N-dealkylation sites (tertiary alicyclic amines) is 1. The summed E-state index contributed by atoms with van der Waals surface area (Å²) < 4.78 is 5.54. The number of aryl methyl sites for hydroxylation is 1. The summed E-state index contributed by atoms with van der Waals surface area (Å²) in [5, 5.41) is 4.04. The molecule has 1 aromatic carbocycles. The zero-order valence-corrected chi connectivity index (χ0v) is 16.4. The van der Waals surface area contributed by atoms with Gasteiger partial charge in [0, 0.05) is 44.2 Å². The van der Waals surface area contributed by atoms with Crippen molar-refractivity contribution in [3.63, 3.8) is 0 Å². The molecule has 0 N–H and O–H groups in total. The molecule has 1 aliphatic heterocycles. The summed E-state index contributed by atoms with van der Waals surface area (Å²) >= 11 is 0. The zero-order chi connectivity index (χ0) is 20.1. The highest BCUT2D eigenvalue weighted by Gasteiger charge is 2.25. The molecule has 29 heavy (non-hydrogen) atoms. The molecular weight excluding hydrogens is 368 g/mol. The number of ether oxygens (including phenoxy) is 1. The van der Waals surface area contributed by atoms with Gasteiger partial charge in [0.1, 0.15) is 11.9 Å². The maximum Gasteiger partial charge on any atom is 0.415 e. The van der Waals surface area contributed by atoms with Crippen LogP contribution in [0.1, 0.15) is 29.7 Å². The molecule has 0 unspecified atom stereocenters. The number of benzene rings is 1. The minimum absolute atomic E-state index is 0.0493. The molecule has 0 saturated carbocycles. The topological polar surface area (TPSA) is 69.5 Å². The van der Waals surface area contributed by atoms with Gasteiger partial charge >= 0.3 is 6.09 Å². The van der Waals surface area contributed by atoms with Gasteiger partial charge in [-0.05, 0) is 42.3 Å². The Balaban J connectivity index is 1.27. The van der Waals surface area contributed by atoms with Crippen LogP contribution in [-0.4, -0.2) is 45.1 Å². The zero-order valence-electron chi connectivity index (χ0n) is 16.4. The van der Waals surface area contributed by atoms with Crippen molar-refractivity contribution < 1.29 is 14.4 Å². The SMILES string of the molecule is Cc1cccnc1Cc1ccc(OC(=O)N2CCC(On3cccn3)CC2)cc1. The van der Waals surface area contributed by atoms with Gasteiger partial charge in [-0.25, -0.2) is 4.79 Å². The number of hydrogen-bond donors (Lipinski definition) is 0. The highest BCUT2D eigenvalue weighted by atomic mass is 16.7. The molecule has 4 rings (SSSR count). The van der Waals surface area contributed by atoms with Gasteiger partial charge in [0.15, 0.2) is 0 Å². The molecule has 3 aromatic rings. The lowest BCUT2D eigenvalue weighted by molar-refractivity contribution is -0.0162. The fraction of sp³-hybridized carbons (Fsp3) is 0.318. The summed E-state index contributed by atoms with van der Waals surface area (Å²) in [7, 11) is 0. The number of nitrogens with zero attached hydrogens (tertiary/aromatic N) is 4. The molecule has 150 valence electrons. The van der Waals surface area contributed by atoms with E-state index < -0.39 is 0 Å². The molecule has 1 amide bonds. The van der Waals surface area contributed by atoms with Crippen LogP contribution in [-0.2, 0) is 6.42 Å². The number of carbonyl (C=O) groups excluding carboxylic acids is 1. The van der Waals surface area contributed by atoms with Crippen LogP contribution in [0.3, 0.4) is 0 Å². The van der Waals surface area contributed by atoms with Crippen LogP contribution in [0.15, 0.2) is 61.1 Å². The van der Waals surface area contributed by atoms with Crippen LogP contribution >= 0.6 is 0 Å². The first-order valence-corrected chi connectivity index (χ1v) is 9.80. The van der Waals surface area contributed by atoms with Crippen molar-refractivity contribution in [2.45, 2.75) is 32.3 Å². The van der Waals surface area contributed by atoms with Crippen LogP contribution in [0.4, 0.5) is 4.79 Å². The van der Waals surface area contributed by atoms with Crippen molar-refractivity contribution in [3.8, 4) is 5.75 Å². The van der Waals surface area contributed by atoms with Gasteiger partial charge in [0.25, 0.3) is 0 Å². The third kappa shape index (κ3) is 4.93. The van der Waals surface area contributed by atoms with E-state index in [1.54, 1.807) is 17.3 Å². The van der Waals surface area contributed by atoms with Gasteiger partial charge in [-0.2, -0.15) is 0 Å². The molecule has 7 heteroatoms. The second-order valence-electron chi connectivity index (χ2n) is 7.16. The largest absolute Gasteiger partial charge is 0.415 e. The van der Waals surface area contributed by atoms with Crippen molar-refractivity contribution >= 4 is 6.09 Å². The summed E-state index contributed by atoms with van der Waals surface area (Å²) in [6.07, 6.45) is 7.22. The average molecular weight is 392 g/mol. The Kier molecular flexibility index (Phi) is 5.74. The Morgan fingerprint density at radius 1 is 1.10 bits per heavy atom. The van der Waals surface area contributed by atoms with E-state index in [-0.39, 0.29) is 12.2 Å². The fourth-order valence-corrected chi connectivity index (χ4v) is 3.35. The lowest BCUT2D eigenvalue weighted by Crippen LogP contribution is -2.44. The van der Waals surface area contributed by atoms with Crippen LogP contribution in [0.25, 0.3) is 0 Å². The molecule has 1 fully saturated rings. The highest BCUT2D eigenvalue weighted by molar-refractivity contribution is 5.70. The minimum Gasteiger partial charge on any atom is -0.410 e. The second kappa shape index (κ2) is 8.77. The predicted octanol–water partition coefficient (Wildman–Crippen LogP) is 3.27. The Bertz CT molecular complexity index is 933. The van der Waals surface area contributed by atoms with Crippen LogP contribution in [0.2, 0.25) is 0 Å². The van der Waals surface area contributed by atoms with Crippen LogP contribution < -0.4 is 9.57 Å². The van der Waals surface area contributed by atoms with E-state index in [1.165, 1.54) is 10.4 Å². The molecule has 1 aliphatic rings. The van der Waals surface area contributed by atoms with Crippen molar-refractivity contribution in [2.75, 3.05) is 13.1 Å². The first-order valence-electron chi connectivity index (χ1n) is 9.80. The molecule has 0 radical (unpaired) electrons. The number of pyridine rings is 1. The van der Waals surface area contributed by atoms with E-state index >= 15 is 0 Å². The third-order valence-corrected chi connectivity index (χ3v) is 5.06. The van der Waals surface area contributed by atoms with Crippen LogP contribution in [0, 0.1) is 6.92 Å². The van der Waals surface area contributed by atoms with E-state index in [4.69, 9.17) is 9.57 Å². The Hall–Kier alpha value is -3.35. The molecule has 0 aliphatic carbocycles. The molecule has 2 aromatic heterocycles. The molecule has 0 bridgehead atoms. The van der Waals surface area contributed by atoms with Crippen molar-refractivity contribution in [1.29, 1.82) is 0 Å². The van der Waals surface area contributed by atoms with Gasteiger partial charge in [0.05, 0.1) is 12.4 Å². The summed E-state index contributed by atoms with van der Waals surface area (Å²) in [6.45, 7) is 3.26. The number of carbonyl (C=O) groups is 1. The highest BCUT2D eigenvalue weighted by Crippen LogP contribution is 2.18. The first-order chi connectivity index (χ1) is 14.2. The third-order valence-electron chi connectivity index (χ3n) is 5.06. The van der Waals surface area contributed by atoms with Gasteiger partial charge < -0.3 is 14.5 Å². The number of hydrogen-bond acceptors (Lipinski definition) is 5. The number of rotatable bonds is 5. The second-order valence-corrected chi connectivity index (χ2v) is 7.16. The summed E-state index contributed by atoms with van der Waals surface area (Å²) in [5.41, 5.74) is 3.35. The van der Waals surface area contributed by atoms with E-state index in [0.29, 0.717) is 18.8 Å². The number of aromatic nitrogens is 3. The smallest absolute Gasteiger partial charge is 0.410 e. The lowest BCUT2D eigenvalue weighted by atomic mass is 10.1. The molecule has 7 nitrogen and oxygen atoms in total. The maximum atomic E-state index is 12.4. The Morgan fingerprint density at radius 3 is 2.59 bits per heavy atom. The van der Waals surface area contributed by atoms with Gasteiger partial charge in [-0.15, -0.1) is 9.94 Å². The van der Waals surface area contributed by atoms with E-state index in [9.17, 15) is 4.79 Å². The summed E-state index contributed by atoms with van der Waals surface area (Å²) in [6, 6.07) is 13.4. The lowest BCUT2D eigenvalue weighted by Gasteiger charge is -2.30. The Labute approximate surface area is 169 Å². The fourth-order valence-electron chi connectivity index (χ4n) is 3.35. The van der Waals surface area contributed by atoms with E-state index in [2.05, 4.69) is 23.1 Å². The average Bonchev–Trinajstić information content (AvgIpc) is 3.25. The Morgan fingerprint density at radius 2 is 1.90 bits per heavy atom. The minimum atomic E-state index is -0.323. The van der Waals surface area contributed by atoms with Gasteiger partial charge in [-0.1, -0.05) is 18.2 Å². The van der Waals surface area contributed by atoms with Crippen molar-refractivity contribution in [1.82, 2.24) is 19.8 Å². The van der Waals surface area contributed by atoms with E-state index in [1.807, 2.05) is 42.6 Å². The van der Waals surface area contributed by atoms with Crippen molar-refractivity contribution in [3.05, 3.63) is 77.9 Å². The normalized spacial score (nSPS) is 14.6. The molecular formula is C22H24N4O3.